The standard InChI is InChI=1S/C21H27N3/c1-3-23(2)17-8-6-7-16(13-17)20-15-24-12-11-22-14-21(24)19-10-5-4-9-18(19)20/h4-10,13,20-22H,3,11-12,14-15H2,1-2H3/t20-,21-/m1/s1. The Bertz CT molecular complexity index is 712. The second-order valence-electron chi connectivity index (χ2n) is 7.01. The van der Waals surface area contributed by atoms with Gasteiger partial charge in [-0.3, -0.25) is 4.90 Å². The molecule has 2 aliphatic heterocycles. The largest absolute Gasteiger partial charge is 0.375 e. The van der Waals surface area contributed by atoms with Crippen molar-refractivity contribution in [2.24, 2.45) is 0 Å². The molecule has 1 saturated heterocycles. The minimum absolute atomic E-state index is 0.473. The molecule has 2 heterocycles. The highest BCUT2D eigenvalue weighted by Gasteiger charge is 2.34. The molecule has 0 amide bonds. The summed E-state index contributed by atoms with van der Waals surface area (Å²) in [6.45, 7) is 7.68. The van der Waals surface area contributed by atoms with Crippen LogP contribution in [0.1, 0.15) is 35.6 Å². The van der Waals surface area contributed by atoms with Gasteiger partial charge in [-0.1, -0.05) is 36.4 Å². The average Bonchev–Trinajstić information content (AvgIpc) is 2.67. The molecule has 1 fully saturated rings. The Balaban J connectivity index is 1.75. The van der Waals surface area contributed by atoms with Gasteiger partial charge in [0, 0.05) is 57.4 Å². The number of rotatable bonds is 3. The monoisotopic (exact) mass is 321 g/mol. The van der Waals surface area contributed by atoms with Crippen LogP contribution in [0.4, 0.5) is 5.69 Å². The molecule has 24 heavy (non-hydrogen) atoms. The molecule has 0 aliphatic carbocycles. The van der Waals surface area contributed by atoms with Crippen LogP contribution in [-0.2, 0) is 0 Å². The number of piperazine rings is 1. The van der Waals surface area contributed by atoms with E-state index in [9.17, 15) is 0 Å². The number of anilines is 1. The Hall–Kier alpha value is -1.84. The summed E-state index contributed by atoms with van der Waals surface area (Å²) >= 11 is 0. The van der Waals surface area contributed by atoms with E-state index in [0.29, 0.717) is 12.0 Å². The van der Waals surface area contributed by atoms with Crippen LogP contribution in [0, 0.1) is 0 Å². The fraction of sp³-hybridized carbons (Fsp3) is 0.429. The number of benzene rings is 2. The molecular formula is C21H27N3. The molecular weight excluding hydrogens is 294 g/mol. The third kappa shape index (κ3) is 2.72. The van der Waals surface area contributed by atoms with Crippen molar-refractivity contribution in [2.45, 2.75) is 18.9 Å². The Morgan fingerprint density at radius 1 is 1.12 bits per heavy atom. The van der Waals surface area contributed by atoms with Crippen LogP contribution in [-0.4, -0.2) is 44.7 Å². The minimum atomic E-state index is 0.473. The van der Waals surface area contributed by atoms with Crippen LogP contribution in [0.5, 0.6) is 0 Å². The van der Waals surface area contributed by atoms with Gasteiger partial charge in [-0.2, -0.15) is 0 Å². The maximum Gasteiger partial charge on any atom is 0.0476 e. The van der Waals surface area contributed by atoms with E-state index in [1.54, 1.807) is 0 Å². The smallest absolute Gasteiger partial charge is 0.0476 e. The molecule has 1 N–H and O–H groups in total. The normalized spacial score (nSPS) is 23.4. The van der Waals surface area contributed by atoms with Crippen LogP contribution in [0.15, 0.2) is 48.5 Å². The molecule has 0 aromatic heterocycles. The second-order valence-corrected chi connectivity index (χ2v) is 7.01. The van der Waals surface area contributed by atoms with Gasteiger partial charge in [0.1, 0.15) is 0 Å². The number of nitrogens with zero attached hydrogens (tertiary/aromatic N) is 2. The van der Waals surface area contributed by atoms with Crippen molar-refractivity contribution in [1.82, 2.24) is 10.2 Å². The molecule has 4 rings (SSSR count). The molecule has 3 heteroatoms. The van der Waals surface area contributed by atoms with E-state index in [0.717, 1.165) is 32.7 Å². The molecule has 2 atom stereocenters. The zero-order valence-electron chi connectivity index (χ0n) is 14.7. The van der Waals surface area contributed by atoms with Gasteiger partial charge in [0.05, 0.1) is 0 Å². The van der Waals surface area contributed by atoms with Gasteiger partial charge in [0.25, 0.3) is 0 Å². The summed E-state index contributed by atoms with van der Waals surface area (Å²) in [6, 6.07) is 18.7. The Morgan fingerprint density at radius 3 is 2.79 bits per heavy atom. The van der Waals surface area contributed by atoms with E-state index >= 15 is 0 Å². The SMILES string of the molecule is CCN(C)c1cccc([C@H]2CN3CCNC[C@@H]3c3ccccc32)c1. The van der Waals surface area contributed by atoms with Crippen LogP contribution in [0.25, 0.3) is 0 Å². The van der Waals surface area contributed by atoms with Gasteiger partial charge in [0.2, 0.25) is 0 Å². The first-order valence-electron chi connectivity index (χ1n) is 9.12. The lowest BCUT2D eigenvalue weighted by molar-refractivity contribution is 0.143. The third-order valence-electron chi connectivity index (χ3n) is 5.69. The van der Waals surface area contributed by atoms with Gasteiger partial charge in [0.15, 0.2) is 0 Å². The van der Waals surface area contributed by atoms with E-state index < -0.39 is 0 Å². The zero-order valence-corrected chi connectivity index (χ0v) is 14.7. The summed E-state index contributed by atoms with van der Waals surface area (Å²) in [7, 11) is 2.17. The maximum absolute atomic E-state index is 3.56. The van der Waals surface area contributed by atoms with E-state index in [4.69, 9.17) is 0 Å². The van der Waals surface area contributed by atoms with E-state index in [1.807, 2.05) is 0 Å². The van der Waals surface area contributed by atoms with E-state index in [1.165, 1.54) is 22.4 Å². The molecule has 3 nitrogen and oxygen atoms in total. The summed E-state index contributed by atoms with van der Waals surface area (Å²) in [5, 5.41) is 3.56. The lowest BCUT2D eigenvalue weighted by Crippen LogP contribution is -2.50. The van der Waals surface area contributed by atoms with Crippen molar-refractivity contribution < 1.29 is 0 Å². The highest BCUT2D eigenvalue weighted by atomic mass is 15.2. The van der Waals surface area contributed by atoms with Crippen molar-refractivity contribution in [3.05, 3.63) is 65.2 Å². The van der Waals surface area contributed by atoms with Gasteiger partial charge >= 0.3 is 0 Å². The summed E-state index contributed by atoms with van der Waals surface area (Å²) < 4.78 is 0. The molecule has 0 unspecified atom stereocenters. The lowest BCUT2D eigenvalue weighted by atomic mass is 9.80. The van der Waals surface area contributed by atoms with Gasteiger partial charge < -0.3 is 10.2 Å². The molecule has 0 bridgehead atoms. The van der Waals surface area contributed by atoms with Crippen molar-refractivity contribution >= 4 is 5.69 Å². The average molecular weight is 321 g/mol. The summed E-state index contributed by atoms with van der Waals surface area (Å²) in [5.74, 6) is 0.473. The first-order chi connectivity index (χ1) is 11.8. The first kappa shape index (κ1) is 15.7. The Kier molecular flexibility index (Phi) is 4.30. The van der Waals surface area contributed by atoms with Crippen molar-refractivity contribution in [3.8, 4) is 0 Å². The number of nitrogens with one attached hydrogen (secondary N) is 1. The third-order valence-corrected chi connectivity index (χ3v) is 5.69. The first-order valence-corrected chi connectivity index (χ1v) is 9.12. The Labute approximate surface area is 145 Å². The molecule has 2 aromatic rings. The van der Waals surface area contributed by atoms with Crippen LogP contribution < -0.4 is 10.2 Å². The van der Waals surface area contributed by atoms with Crippen molar-refractivity contribution in [3.63, 3.8) is 0 Å². The van der Waals surface area contributed by atoms with Gasteiger partial charge in [-0.25, -0.2) is 0 Å². The summed E-state index contributed by atoms with van der Waals surface area (Å²) in [6.07, 6.45) is 0. The highest BCUT2D eigenvalue weighted by Crippen LogP contribution is 2.40. The predicted octanol–water partition coefficient (Wildman–Crippen LogP) is 3.23. The second kappa shape index (κ2) is 6.58. The Morgan fingerprint density at radius 2 is 1.96 bits per heavy atom. The minimum Gasteiger partial charge on any atom is -0.375 e. The maximum atomic E-state index is 3.56. The lowest BCUT2D eigenvalue weighted by Gasteiger charge is -2.44. The number of hydrogen-bond donors (Lipinski definition) is 1. The molecule has 0 radical (unpaired) electrons. The highest BCUT2D eigenvalue weighted by molar-refractivity contribution is 5.51. The molecule has 0 spiro atoms. The molecule has 2 aliphatic rings. The topological polar surface area (TPSA) is 18.5 Å². The van der Waals surface area contributed by atoms with Crippen LogP contribution >= 0.6 is 0 Å². The van der Waals surface area contributed by atoms with Crippen molar-refractivity contribution in [2.75, 3.05) is 44.7 Å². The predicted molar refractivity (Wildman–Crippen MR) is 101 cm³/mol. The fourth-order valence-electron chi connectivity index (χ4n) is 4.18. The van der Waals surface area contributed by atoms with Crippen molar-refractivity contribution in [1.29, 1.82) is 0 Å². The summed E-state index contributed by atoms with van der Waals surface area (Å²) in [5.41, 5.74) is 5.78. The van der Waals surface area contributed by atoms with Gasteiger partial charge in [-0.05, 0) is 35.7 Å². The number of fused-ring (bicyclic) bond motifs is 3. The fourth-order valence-corrected chi connectivity index (χ4v) is 4.18. The zero-order chi connectivity index (χ0) is 16.5. The van der Waals surface area contributed by atoms with E-state index in [2.05, 4.69) is 77.6 Å². The summed E-state index contributed by atoms with van der Waals surface area (Å²) in [4.78, 5) is 4.98. The van der Waals surface area contributed by atoms with Crippen LogP contribution in [0.2, 0.25) is 0 Å². The molecule has 126 valence electrons. The van der Waals surface area contributed by atoms with Gasteiger partial charge in [-0.15, -0.1) is 0 Å². The van der Waals surface area contributed by atoms with E-state index in [-0.39, 0.29) is 0 Å². The van der Waals surface area contributed by atoms with Crippen LogP contribution in [0.3, 0.4) is 0 Å². The quantitative estimate of drug-likeness (QED) is 0.936. The molecule has 2 aromatic carbocycles. The molecule has 0 saturated carbocycles. The number of hydrogen-bond acceptors (Lipinski definition) is 3.